The van der Waals surface area contributed by atoms with Crippen molar-refractivity contribution in [2.24, 2.45) is 0 Å². The molecule has 0 atom stereocenters. The molecule has 0 N–H and O–H groups in total. The van der Waals surface area contributed by atoms with E-state index >= 15 is 0 Å². The number of rotatable bonds is 7. The number of hydrogen-bond acceptors (Lipinski definition) is 4. The summed E-state index contributed by atoms with van der Waals surface area (Å²) in [5, 5.41) is 9.55. The normalized spacial score (nSPS) is 13.5. The lowest BCUT2D eigenvalue weighted by atomic mass is 10.1. The minimum Gasteiger partial charge on any atom is -0.419 e. The fourth-order valence-electron chi connectivity index (χ4n) is 3.07. The summed E-state index contributed by atoms with van der Waals surface area (Å²) >= 11 is 12.1. The highest BCUT2D eigenvalue weighted by Crippen LogP contribution is 2.30. The van der Waals surface area contributed by atoms with E-state index in [0.717, 1.165) is 24.0 Å². The maximum atomic E-state index is 12.8. The van der Waals surface area contributed by atoms with E-state index in [4.69, 9.17) is 27.6 Å². The largest absolute Gasteiger partial charge is 0.419 e. The molecule has 1 heterocycles. The molecule has 28 heavy (non-hydrogen) atoms. The molecule has 1 saturated carbocycles. The lowest BCUT2D eigenvalue weighted by Gasteiger charge is -2.20. The third-order valence-electron chi connectivity index (χ3n) is 4.74. The molecule has 1 aliphatic rings. The average Bonchev–Trinajstić information content (AvgIpc) is 3.44. The highest BCUT2D eigenvalue weighted by Gasteiger charge is 2.33. The Hall–Kier alpha value is -2.37. The Morgan fingerprint density at radius 1 is 1.07 bits per heavy atom. The first-order valence-corrected chi connectivity index (χ1v) is 9.97. The molecule has 0 unspecified atom stereocenters. The maximum Gasteiger partial charge on any atom is 0.247 e. The van der Waals surface area contributed by atoms with Crippen LogP contribution in [0.25, 0.3) is 11.5 Å². The highest BCUT2D eigenvalue weighted by molar-refractivity contribution is 6.31. The van der Waals surface area contributed by atoms with Crippen LogP contribution in [0, 0.1) is 0 Å². The van der Waals surface area contributed by atoms with Gasteiger partial charge in [-0.3, -0.25) is 4.79 Å². The van der Waals surface area contributed by atoms with E-state index in [0.29, 0.717) is 41.2 Å². The first-order chi connectivity index (χ1) is 13.6. The fourth-order valence-corrected chi connectivity index (χ4v) is 3.42. The van der Waals surface area contributed by atoms with Gasteiger partial charge in [0.2, 0.25) is 17.7 Å². The van der Waals surface area contributed by atoms with Crippen molar-refractivity contribution in [3.8, 4) is 11.5 Å². The molecule has 3 aromatic rings. The lowest BCUT2D eigenvalue weighted by molar-refractivity contribution is -0.132. The first-order valence-electron chi connectivity index (χ1n) is 9.21. The van der Waals surface area contributed by atoms with E-state index in [1.54, 1.807) is 12.1 Å². The molecule has 0 radical (unpaired) electrons. The first kappa shape index (κ1) is 19.0. The zero-order chi connectivity index (χ0) is 19.5. The molecule has 1 aliphatic carbocycles. The van der Waals surface area contributed by atoms with Crippen LogP contribution in [0.5, 0.6) is 0 Å². The summed E-state index contributed by atoms with van der Waals surface area (Å²) in [5.74, 6) is 0.933. The van der Waals surface area contributed by atoms with Gasteiger partial charge in [0.25, 0.3) is 0 Å². The predicted molar refractivity (Wildman–Crippen MR) is 108 cm³/mol. The van der Waals surface area contributed by atoms with Gasteiger partial charge in [0.05, 0.1) is 6.54 Å². The van der Waals surface area contributed by atoms with Crippen LogP contribution in [0.3, 0.4) is 0 Å². The van der Waals surface area contributed by atoms with Crippen molar-refractivity contribution in [1.29, 1.82) is 0 Å². The van der Waals surface area contributed by atoms with E-state index in [1.165, 1.54) is 0 Å². The number of carbonyl (C=O) groups is 1. The number of aromatic nitrogens is 2. The number of carbonyl (C=O) groups excluding carboxylic acids is 1. The van der Waals surface area contributed by atoms with Crippen molar-refractivity contribution in [3.63, 3.8) is 0 Å². The maximum absolute atomic E-state index is 12.8. The van der Waals surface area contributed by atoms with Gasteiger partial charge in [0.15, 0.2) is 0 Å². The van der Waals surface area contributed by atoms with Crippen molar-refractivity contribution in [2.75, 3.05) is 0 Å². The summed E-state index contributed by atoms with van der Waals surface area (Å²) in [6.07, 6.45) is 3.03. The summed E-state index contributed by atoms with van der Waals surface area (Å²) in [7, 11) is 0. The van der Waals surface area contributed by atoms with E-state index in [9.17, 15) is 4.79 Å². The second-order valence-corrected chi connectivity index (χ2v) is 7.70. The molecule has 7 heteroatoms. The molecular formula is C21H19Cl2N3O2. The van der Waals surface area contributed by atoms with Gasteiger partial charge >= 0.3 is 0 Å². The van der Waals surface area contributed by atoms with Crippen LogP contribution >= 0.6 is 23.2 Å². The molecule has 1 fully saturated rings. The van der Waals surface area contributed by atoms with Crippen molar-refractivity contribution in [3.05, 3.63) is 70.0 Å². The summed E-state index contributed by atoms with van der Waals surface area (Å²) in [6, 6.07) is 15.1. The quantitative estimate of drug-likeness (QED) is 0.534. The third-order valence-corrected chi connectivity index (χ3v) is 5.36. The van der Waals surface area contributed by atoms with Crippen LogP contribution in [0.4, 0.5) is 0 Å². The molecule has 4 rings (SSSR count). The van der Waals surface area contributed by atoms with Gasteiger partial charge in [0, 0.05) is 28.1 Å². The van der Waals surface area contributed by atoms with Crippen LogP contribution in [-0.4, -0.2) is 27.0 Å². The van der Waals surface area contributed by atoms with E-state index in [1.807, 2.05) is 41.3 Å². The predicted octanol–water partition coefficient (Wildman–Crippen LogP) is 5.17. The Bertz CT molecular complexity index is 968. The standard InChI is InChI=1S/C21H19Cl2N3O2/c22-16-8-5-15(6-9-16)21-25-24-19(28-21)13-26(17-10-11-17)20(27)12-7-14-3-1-2-4-18(14)23/h1-6,8-9,17H,7,10-13H2. The second kappa shape index (κ2) is 8.33. The highest BCUT2D eigenvalue weighted by atomic mass is 35.5. The van der Waals surface area contributed by atoms with E-state index in [-0.39, 0.29) is 11.9 Å². The van der Waals surface area contributed by atoms with Gasteiger partial charge in [0.1, 0.15) is 0 Å². The van der Waals surface area contributed by atoms with Gasteiger partial charge < -0.3 is 9.32 Å². The lowest BCUT2D eigenvalue weighted by Crippen LogP contribution is -2.32. The van der Waals surface area contributed by atoms with Crippen LogP contribution in [0.1, 0.15) is 30.7 Å². The van der Waals surface area contributed by atoms with Gasteiger partial charge in [-0.1, -0.05) is 41.4 Å². The Kier molecular flexibility index (Phi) is 5.64. The Labute approximate surface area is 173 Å². The molecule has 1 aromatic heterocycles. The topological polar surface area (TPSA) is 59.2 Å². The third kappa shape index (κ3) is 4.54. The molecule has 0 bridgehead atoms. The van der Waals surface area contributed by atoms with Crippen molar-refractivity contribution in [1.82, 2.24) is 15.1 Å². The fraction of sp³-hybridized carbons (Fsp3) is 0.286. The minimum absolute atomic E-state index is 0.0775. The molecule has 5 nitrogen and oxygen atoms in total. The Balaban J connectivity index is 1.42. The van der Waals surface area contributed by atoms with E-state index in [2.05, 4.69) is 10.2 Å². The molecule has 1 amide bonds. The number of halogens is 2. The summed E-state index contributed by atoms with van der Waals surface area (Å²) in [5.41, 5.74) is 1.78. The van der Waals surface area contributed by atoms with Crippen molar-refractivity contribution >= 4 is 29.1 Å². The second-order valence-electron chi connectivity index (χ2n) is 6.85. The van der Waals surface area contributed by atoms with Crippen LogP contribution in [-0.2, 0) is 17.8 Å². The van der Waals surface area contributed by atoms with Gasteiger partial charge in [-0.25, -0.2) is 0 Å². The minimum atomic E-state index is 0.0775. The zero-order valence-corrected chi connectivity index (χ0v) is 16.7. The Morgan fingerprint density at radius 2 is 1.82 bits per heavy atom. The van der Waals surface area contributed by atoms with Crippen LogP contribution in [0.15, 0.2) is 52.9 Å². The summed E-state index contributed by atoms with van der Waals surface area (Å²) < 4.78 is 5.77. The van der Waals surface area contributed by atoms with Crippen molar-refractivity contribution in [2.45, 2.75) is 38.3 Å². The molecule has 0 spiro atoms. The summed E-state index contributed by atoms with van der Waals surface area (Å²) in [4.78, 5) is 14.6. The molecule has 0 saturated heterocycles. The number of aryl methyl sites for hydroxylation is 1. The van der Waals surface area contributed by atoms with Gasteiger partial charge in [-0.15, -0.1) is 10.2 Å². The van der Waals surface area contributed by atoms with E-state index < -0.39 is 0 Å². The molecule has 2 aromatic carbocycles. The number of hydrogen-bond donors (Lipinski definition) is 0. The number of amides is 1. The van der Waals surface area contributed by atoms with Gasteiger partial charge in [-0.05, 0) is 55.2 Å². The average molecular weight is 416 g/mol. The molecule has 144 valence electrons. The SMILES string of the molecule is O=C(CCc1ccccc1Cl)N(Cc1nnc(-c2ccc(Cl)cc2)o1)C1CC1. The summed E-state index contributed by atoms with van der Waals surface area (Å²) in [6.45, 7) is 0.326. The van der Waals surface area contributed by atoms with Crippen LogP contribution in [0.2, 0.25) is 10.0 Å². The molecular weight excluding hydrogens is 397 g/mol. The smallest absolute Gasteiger partial charge is 0.247 e. The molecule has 0 aliphatic heterocycles. The number of benzene rings is 2. The Morgan fingerprint density at radius 3 is 2.54 bits per heavy atom. The zero-order valence-electron chi connectivity index (χ0n) is 15.1. The van der Waals surface area contributed by atoms with Crippen molar-refractivity contribution < 1.29 is 9.21 Å². The monoisotopic (exact) mass is 415 g/mol. The number of nitrogens with zero attached hydrogens (tertiary/aromatic N) is 3. The van der Waals surface area contributed by atoms with Crippen LogP contribution < -0.4 is 0 Å². The van der Waals surface area contributed by atoms with Gasteiger partial charge in [-0.2, -0.15) is 0 Å².